The Labute approximate surface area is 142 Å². The predicted molar refractivity (Wildman–Crippen MR) is 98.5 cm³/mol. The minimum Gasteiger partial charge on any atom is -0.494 e. The number of ether oxygens (including phenoxy) is 1. The van der Waals surface area contributed by atoms with E-state index in [1.165, 1.54) is 10.9 Å². The van der Waals surface area contributed by atoms with E-state index in [1.54, 1.807) is 0 Å². The molecular weight excluding hydrogens is 298 g/mol. The zero-order chi connectivity index (χ0) is 16.8. The summed E-state index contributed by atoms with van der Waals surface area (Å²) in [6.07, 6.45) is 1.13. The normalized spacial score (nSPS) is 10.5. The van der Waals surface area contributed by atoms with Crippen molar-refractivity contribution in [3.8, 4) is 5.75 Å². The third-order valence-corrected chi connectivity index (χ3v) is 3.87. The molecule has 0 heterocycles. The molecule has 3 aromatic carbocycles. The van der Waals surface area contributed by atoms with Crippen LogP contribution >= 0.6 is 0 Å². The van der Waals surface area contributed by atoms with E-state index in [9.17, 15) is 4.79 Å². The minimum absolute atomic E-state index is 0.0118. The lowest BCUT2D eigenvalue weighted by Crippen LogP contribution is -2.12. The Hall–Kier alpha value is -2.81. The van der Waals surface area contributed by atoms with Crippen LogP contribution in [0.1, 0.15) is 18.4 Å². The fourth-order valence-corrected chi connectivity index (χ4v) is 2.55. The third kappa shape index (κ3) is 4.35. The standard InChI is InChI=1S/C21H21NO2/c1-16-8-12-20(13-9-16)24-14-4-7-21(23)22-19-11-10-17-5-2-3-6-18(17)15-19/h2-3,5-6,8-13,15H,4,7,14H2,1H3,(H,22,23). The molecule has 0 aromatic heterocycles. The number of fused-ring (bicyclic) bond motifs is 1. The van der Waals surface area contributed by atoms with Crippen LogP contribution in [-0.2, 0) is 4.79 Å². The summed E-state index contributed by atoms with van der Waals surface area (Å²) in [5.74, 6) is 0.855. The largest absolute Gasteiger partial charge is 0.494 e. The van der Waals surface area contributed by atoms with E-state index in [1.807, 2.05) is 67.6 Å². The topological polar surface area (TPSA) is 38.3 Å². The zero-order valence-corrected chi connectivity index (χ0v) is 13.8. The van der Waals surface area contributed by atoms with E-state index in [4.69, 9.17) is 4.74 Å². The number of carbonyl (C=O) groups excluding carboxylic acids is 1. The summed E-state index contributed by atoms with van der Waals surface area (Å²) in [7, 11) is 0. The Kier molecular flexibility index (Phi) is 5.12. The summed E-state index contributed by atoms with van der Waals surface area (Å²) in [5.41, 5.74) is 2.04. The fourth-order valence-electron chi connectivity index (χ4n) is 2.55. The molecule has 0 fully saturated rings. The van der Waals surface area contributed by atoms with Gasteiger partial charge in [0.2, 0.25) is 5.91 Å². The molecule has 0 aliphatic rings. The van der Waals surface area contributed by atoms with Gasteiger partial charge in [0.05, 0.1) is 6.61 Å². The number of hydrogen-bond acceptors (Lipinski definition) is 2. The van der Waals surface area contributed by atoms with Crippen molar-refractivity contribution in [2.75, 3.05) is 11.9 Å². The van der Waals surface area contributed by atoms with Crippen molar-refractivity contribution in [3.63, 3.8) is 0 Å². The molecule has 3 aromatic rings. The van der Waals surface area contributed by atoms with Gasteiger partial charge in [-0.1, -0.05) is 48.0 Å². The first-order valence-electron chi connectivity index (χ1n) is 8.19. The Bertz CT molecular complexity index is 825. The van der Waals surface area contributed by atoms with Gasteiger partial charge in [-0.2, -0.15) is 0 Å². The lowest BCUT2D eigenvalue weighted by atomic mass is 10.1. The lowest BCUT2D eigenvalue weighted by molar-refractivity contribution is -0.116. The van der Waals surface area contributed by atoms with Crippen molar-refractivity contribution in [1.82, 2.24) is 0 Å². The molecule has 1 amide bonds. The van der Waals surface area contributed by atoms with Gasteiger partial charge in [-0.25, -0.2) is 0 Å². The quantitative estimate of drug-likeness (QED) is 0.653. The highest BCUT2D eigenvalue weighted by Gasteiger charge is 2.03. The first-order valence-corrected chi connectivity index (χ1v) is 8.19. The van der Waals surface area contributed by atoms with Gasteiger partial charge in [0, 0.05) is 12.1 Å². The molecule has 3 nitrogen and oxygen atoms in total. The molecule has 0 bridgehead atoms. The first-order chi connectivity index (χ1) is 11.7. The molecule has 1 N–H and O–H groups in total. The maximum Gasteiger partial charge on any atom is 0.224 e. The van der Waals surface area contributed by atoms with Crippen molar-refractivity contribution in [2.24, 2.45) is 0 Å². The molecule has 3 rings (SSSR count). The van der Waals surface area contributed by atoms with E-state index in [0.29, 0.717) is 19.4 Å². The SMILES string of the molecule is Cc1ccc(OCCCC(=O)Nc2ccc3ccccc3c2)cc1. The highest BCUT2D eigenvalue weighted by molar-refractivity contribution is 5.94. The van der Waals surface area contributed by atoms with Gasteiger partial charge in [-0.15, -0.1) is 0 Å². The lowest BCUT2D eigenvalue weighted by Gasteiger charge is -2.08. The predicted octanol–water partition coefficient (Wildman–Crippen LogP) is 4.95. The van der Waals surface area contributed by atoms with Gasteiger partial charge in [0.15, 0.2) is 0 Å². The number of rotatable bonds is 6. The number of carbonyl (C=O) groups is 1. The number of aryl methyl sites for hydroxylation is 1. The van der Waals surface area contributed by atoms with Crippen LogP contribution in [0.4, 0.5) is 5.69 Å². The van der Waals surface area contributed by atoms with Gasteiger partial charge >= 0.3 is 0 Å². The van der Waals surface area contributed by atoms with Crippen LogP contribution in [0.2, 0.25) is 0 Å². The van der Waals surface area contributed by atoms with Gasteiger partial charge in [-0.05, 0) is 48.4 Å². The molecule has 122 valence electrons. The van der Waals surface area contributed by atoms with Crippen LogP contribution in [0.3, 0.4) is 0 Å². The van der Waals surface area contributed by atoms with Crippen LogP contribution in [-0.4, -0.2) is 12.5 Å². The summed E-state index contributed by atoms with van der Waals surface area (Å²) in [6.45, 7) is 2.58. The number of nitrogens with one attached hydrogen (secondary N) is 1. The van der Waals surface area contributed by atoms with Crippen LogP contribution in [0.25, 0.3) is 10.8 Å². The van der Waals surface area contributed by atoms with Crippen molar-refractivity contribution in [1.29, 1.82) is 0 Å². The zero-order valence-electron chi connectivity index (χ0n) is 13.8. The molecule has 0 radical (unpaired) electrons. The highest BCUT2D eigenvalue weighted by Crippen LogP contribution is 2.19. The molecular formula is C21H21NO2. The number of hydrogen-bond donors (Lipinski definition) is 1. The van der Waals surface area contributed by atoms with Crippen molar-refractivity contribution < 1.29 is 9.53 Å². The third-order valence-electron chi connectivity index (χ3n) is 3.87. The van der Waals surface area contributed by atoms with Gasteiger partial charge in [0.1, 0.15) is 5.75 Å². The van der Waals surface area contributed by atoms with E-state index in [2.05, 4.69) is 11.4 Å². The summed E-state index contributed by atoms with van der Waals surface area (Å²) in [5, 5.41) is 5.24. The number of anilines is 1. The maximum absolute atomic E-state index is 12.0. The van der Waals surface area contributed by atoms with E-state index >= 15 is 0 Å². The molecule has 3 heteroatoms. The van der Waals surface area contributed by atoms with Crippen LogP contribution in [0, 0.1) is 6.92 Å². The van der Waals surface area contributed by atoms with Crippen molar-refractivity contribution >= 4 is 22.4 Å². The number of amides is 1. The average molecular weight is 319 g/mol. The molecule has 0 saturated heterocycles. The van der Waals surface area contributed by atoms with Gasteiger partial charge in [0.25, 0.3) is 0 Å². The van der Waals surface area contributed by atoms with E-state index < -0.39 is 0 Å². The van der Waals surface area contributed by atoms with Gasteiger partial charge in [-0.3, -0.25) is 4.79 Å². The molecule has 0 atom stereocenters. The Morgan fingerprint density at radius 3 is 2.50 bits per heavy atom. The molecule has 0 saturated carbocycles. The first kappa shape index (κ1) is 16.1. The molecule has 0 aliphatic carbocycles. The molecule has 24 heavy (non-hydrogen) atoms. The van der Waals surface area contributed by atoms with Crippen LogP contribution in [0.5, 0.6) is 5.75 Å². The molecule has 0 unspecified atom stereocenters. The van der Waals surface area contributed by atoms with Crippen molar-refractivity contribution in [2.45, 2.75) is 19.8 Å². The fraction of sp³-hybridized carbons (Fsp3) is 0.190. The summed E-state index contributed by atoms with van der Waals surface area (Å²) in [4.78, 5) is 12.0. The number of benzene rings is 3. The second-order valence-electron chi connectivity index (χ2n) is 5.88. The van der Waals surface area contributed by atoms with E-state index in [0.717, 1.165) is 16.8 Å². The second kappa shape index (κ2) is 7.64. The Morgan fingerprint density at radius 2 is 1.71 bits per heavy atom. The monoisotopic (exact) mass is 319 g/mol. The van der Waals surface area contributed by atoms with Gasteiger partial charge < -0.3 is 10.1 Å². The summed E-state index contributed by atoms with van der Waals surface area (Å²) in [6, 6.07) is 22.0. The highest BCUT2D eigenvalue weighted by atomic mass is 16.5. The van der Waals surface area contributed by atoms with E-state index in [-0.39, 0.29) is 5.91 Å². The maximum atomic E-state index is 12.0. The average Bonchev–Trinajstić information content (AvgIpc) is 2.60. The molecule has 0 spiro atoms. The summed E-state index contributed by atoms with van der Waals surface area (Å²) < 4.78 is 5.64. The Morgan fingerprint density at radius 1 is 0.958 bits per heavy atom. The smallest absolute Gasteiger partial charge is 0.224 e. The van der Waals surface area contributed by atoms with Crippen LogP contribution in [0.15, 0.2) is 66.7 Å². The van der Waals surface area contributed by atoms with Crippen molar-refractivity contribution in [3.05, 3.63) is 72.3 Å². The Balaban J connectivity index is 1.45. The molecule has 0 aliphatic heterocycles. The van der Waals surface area contributed by atoms with Crippen LogP contribution < -0.4 is 10.1 Å². The second-order valence-corrected chi connectivity index (χ2v) is 5.88. The summed E-state index contributed by atoms with van der Waals surface area (Å²) >= 11 is 0. The minimum atomic E-state index is 0.0118.